The highest BCUT2D eigenvalue weighted by Gasteiger charge is 1.94. The topological polar surface area (TPSA) is 24.7 Å². The normalized spacial score (nSPS) is 12.9. The van der Waals surface area contributed by atoms with Gasteiger partial charge in [-0.15, -0.1) is 0 Å². The van der Waals surface area contributed by atoms with Crippen molar-refractivity contribution >= 4 is 17.5 Å². The van der Waals surface area contributed by atoms with Gasteiger partial charge in [0.25, 0.3) is 0 Å². The van der Waals surface area contributed by atoms with Crippen LogP contribution in [0, 0.1) is 0 Å². The van der Waals surface area contributed by atoms with Crippen molar-refractivity contribution in [2.45, 2.75) is 13.8 Å². The summed E-state index contributed by atoms with van der Waals surface area (Å²) in [6, 6.07) is 20.2. The monoisotopic (exact) mass is 262 g/mol. The maximum absolute atomic E-state index is 4.26. The van der Waals surface area contributed by atoms with Crippen molar-refractivity contribution in [1.82, 2.24) is 0 Å². The van der Waals surface area contributed by atoms with E-state index in [2.05, 4.69) is 22.3 Å². The van der Waals surface area contributed by atoms with E-state index in [9.17, 15) is 0 Å². The van der Waals surface area contributed by atoms with E-state index < -0.39 is 0 Å². The van der Waals surface area contributed by atoms with Gasteiger partial charge in [-0.2, -0.15) is 10.2 Å². The second-order valence-electron chi connectivity index (χ2n) is 4.54. The Hall–Kier alpha value is -2.48. The summed E-state index contributed by atoms with van der Waals surface area (Å²) in [6.45, 7) is 3.91. The molecule has 2 aromatic rings. The SMILES string of the molecule is CC(/C=C/c1ccccc1)=N\N=C(/C)c1ccccc1. The number of hydrogen-bond acceptors (Lipinski definition) is 2. The van der Waals surface area contributed by atoms with Crippen molar-refractivity contribution < 1.29 is 0 Å². The molecule has 2 rings (SSSR count). The molecule has 0 aliphatic heterocycles. The van der Waals surface area contributed by atoms with Crippen LogP contribution in [0.15, 0.2) is 76.9 Å². The average Bonchev–Trinajstić information content (AvgIpc) is 2.52. The Morgan fingerprint density at radius 2 is 1.40 bits per heavy atom. The van der Waals surface area contributed by atoms with E-state index in [0.29, 0.717) is 0 Å². The Labute approximate surface area is 120 Å². The molecule has 2 heteroatoms. The smallest absolute Gasteiger partial charge is 0.0671 e. The second kappa shape index (κ2) is 7.19. The Morgan fingerprint density at radius 3 is 2.05 bits per heavy atom. The average molecular weight is 262 g/mol. The lowest BCUT2D eigenvalue weighted by molar-refractivity contribution is 1.22. The number of hydrogen-bond donors (Lipinski definition) is 0. The molecule has 0 saturated heterocycles. The Bertz CT molecular complexity index is 623. The van der Waals surface area contributed by atoms with Crippen molar-refractivity contribution in [1.29, 1.82) is 0 Å². The number of nitrogens with zero attached hydrogens (tertiary/aromatic N) is 2. The summed E-state index contributed by atoms with van der Waals surface area (Å²) < 4.78 is 0. The van der Waals surface area contributed by atoms with Crippen LogP contribution in [-0.4, -0.2) is 11.4 Å². The Balaban J connectivity index is 2.06. The molecule has 0 saturated carbocycles. The molecule has 0 bridgehead atoms. The third kappa shape index (κ3) is 4.32. The van der Waals surface area contributed by atoms with Crippen molar-refractivity contribution in [2.75, 3.05) is 0 Å². The lowest BCUT2D eigenvalue weighted by atomic mass is 10.1. The molecule has 0 spiro atoms. The summed E-state index contributed by atoms with van der Waals surface area (Å²) in [7, 11) is 0. The van der Waals surface area contributed by atoms with Gasteiger partial charge in [0.05, 0.1) is 11.4 Å². The Kier molecular flexibility index (Phi) is 5.01. The highest BCUT2D eigenvalue weighted by atomic mass is 15.2. The van der Waals surface area contributed by atoms with Gasteiger partial charge in [0, 0.05) is 0 Å². The molecule has 0 amide bonds. The fraction of sp³-hybridized carbons (Fsp3) is 0.111. The molecular weight excluding hydrogens is 244 g/mol. The van der Waals surface area contributed by atoms with E-state index >= 15 is 0 Å². The maximum atomic E-state index is 4.26. The maximum Gasteiger partial charge on any atom is 0.0671 e. The van der Waals surface area contributed by atoms with Crippen molar-refractivity contribution in [3.8, 4) is 0 Å². The van der Waals surface area contributed by atoms with Gasteiger partial charge in [-0.1, -0.05) is 66.7 Å². The molecule has 0 atom stereocenters. The van der Waals surface area contributed by atoms with E-state index in [1.807, 2.05) is 74.5 Å². The van der Waals surface area contributed by atoms with Crippen LogP contribution in [0.3, 0.4) is 0 Å². The van der Waals surface area contributed by atoms with Gasteiger partial charge in [-0.05, 0) is 31.1 Å². The summed E-state index contributed by atoms with van der Waals surface area (Å²) >= 11 is 0. The third-order valence-electron chi connectivity index (χ3n) is 2.87. The van der Waals surface area contributed by atoms with Gasteiger partial charge in [0.1, 0.15) is 0 Å². The van der Waals surface area contributed by atoms with Gasteiger partial charge < -0.3 is 0 Å². The van der Waals surface area contributed by atoms with Crippen LogP contribution in [0.2, 0.25) is 0 Å². The highest BCUT2D eigenvalue weighted by Crippen LogP contribution is 2.03. The van der Waals surface area contributed by atoms with E-state index in [4.69, 9.17) is 0 Å². The minimum Gasteiger partial charge on any atom is -0.156 e. The van der Waals surface area contributed by atoms with E-state index in [0.717, 1.165) is 22.6 Å². The predicted octanol–water partition coefficient (Wildman–Crippen LogP) is 4.58. The van der Waals surface area contributed by atoms with Crippen LogP contribution in [-0.2, 0) is 0 Å². The third-order valence-corrected chi connectivity index (χ3v) is 2.87. The molecular formula is C18H18N2. The minimum atomic E-state index is 0.879. The molecule has 0 aliphatic carbocycles. The number of benzene rings is 2. The van der Waals surface area contributed by atoms with Crippen molar-refractivity contribution in [3.63, 3.8) is 0 Å². The molecule has 0 fully saturated rings. The van der Waals surface area contributed by atoms with Crippen molar-refractivity contribution in [2.24, 2.45) is 10.2 Å². The van der Waals surface area contributed by atoms with Crippen LogP contribution < -0.4 is 0 Å². The van der Waals surface area contributed by atoms with Crippen LogP contribution in [0.4, 0.5) is 0 Å². The lowest BCUT2D eigenvalue weighted by Crippen LogP contribution is -1.93. The van der Waals surface area contributed by atoms with Crippen molar-refractivity contribution in [3.05, 3.63) is 77.9 Å². The Morgan fingerprint density at radius 1 is 0.800 bits per heavy atom. The van der Waals surface area contributed by atoms with Crippen LogP contribution in [0.1, 0.15) is 25.0 Å². The minimum absolute atomic E-state index is 0.879. The zero-order valence-corrected chi connectivity index (χ0v) is 11.8. The molecule has 20 heavy (non-hydrogen) atoms. The molecule has 2 aromatic carbocycles. The molecule has 2 nitrogen and oxygen atoms in total. The van der Waals surface area contributed by atoms with Gasteiger partial charge in [-0.25, -0.2) is 0 Å². The zero-order valence-electron chi connectivity index (χ0n) is 11.8. The molecule has 0 heterocycles. The van der Waals surface area contributed by atoms with E-state index in [1.54, 1.807) is 0 Å². The summed E-state index contributed by atoms with van der Waals surface area (Å²) in [5.74, 6) is 0. The molecule has 0 radical (unpaired) electrons. The predicted molar refractivity (Wildman–Crippen MR) is 87.2 cm³/mol. The fourth-order valence-electron chi connectivity index (χ4n) is 1.71. The lowest BCUT2D eigenvalue weighted by Gasteiger charge is -1.97. The molecule has 0 unspecified atom stereocenters. The zero-order chi connectivity index (χ0) is 14.2. The van der Waals surface area contributed by atoms with Gasteiger partial charge in [0.15, 0.2) is 0 Å². The van der Waals surface area contributed by atoms with Crippen LogP contribution >= 0.6 is 0 Å². The van der Waals surface area contributed by atoms with Gasteiger partial charge in [-0.3, -0.25) is 0 Å². The first-order valence-corrected chi connectivity index (χ1v) is 6.63. The fourth-order valence-corrected chi connectivity index (χ4v) is 1.71. The summed E-state index contributed by atoms with van der Waals surface area (Å²) in [5.41, 5.74) is 4.05. The van der Waals surface area contributed by atoms with Crippen LogP contribution in [0.5, 0.6) is 0 Å². The van der Waals surface area contributed by atoms with E-state index in [-0.39, 0.29) is 0 Å². The molecule has 0 aliphatic rings. The quantitative estimate of drug-likeness (QED) is 0.569. The number of allylic oxidation sites excluding steroid dienone is 1. The first kappa shape index (κ1) is 13.9. The summed E-state index contributed by atoms with van der Waals surface area (Å²) in [4.78, 5) is 0. The summed E-state index contributed by atoms with van der Waals surface area (Å²) in [6.07, 6.45) is 4.00. The second-order valence-corrected chi connectivity index (χ2v) is 4.54. The van der Waals surface area contributed by atoms with Crippen LogP contribution in [0.25, 0.3) is 6.08 Å². The molecule has 0 N–H and O–H groups in total. The first-order valence-electron chi connectivity index (χ1n) is 6.63. The summed E-state index contributed by atoms with van der Waals surface area (Å²) in [5, 5.41) is 8.49. The standard InChI is InChI=1S/C18H18N2/c1-15(13-14-17-9-5-3-6-10-17)19-20-16(2)18-11-7-4-8-12-18/h3-14H,1-2H3/b14-13+,19-15+,20-16+. The molecule has 0 aromatic heterocycles. The highest BCUT2D eigenvalue weighted by molar-refractivity contribution is 6.00. The molecule has 100 valence electrons. The van der Waals surface area contributed by atoms with Gasteiger partial charge >= 0.3 is 0 Å². The number of rotatable bonds is 4. The first-order chi connectivity index (χ1) is 9.75. The largest absolute Gasteiger partial charge is 0.156 e. The van der Waals surface area contributed by atoms with Gasteiger partial charge in [0.2, 0.25) is 0 Å². The van der Waals surface area contributed by atoms with E-state index in [1.165, 1.54) is 0 Å².